The second-order valence-electron chi connectivity index (χ2n) is 25.2. The molecule has 0 aromatic carbocycles. The van der Waals surface area contributed by atoms with E-state index in [1.54, 1.807) is 0 Å². The molecule has 22 nitrogen and oxygen atoms in total. The Morgan fingerprint density at radius 1 is 0.613 bits per heavy atom. The van der Waals surface area contributed by atoms with E-state index in [4.69, 9.17) is 37.9 Å². The third-order valence-electron chi connectivity index (χ3n) is 20.6. The fourth-order valence-corrected chi connectivity index (χ4v) is 16.0. The zero-order chi connectivity index (χ0) is 55.1. The molecule has 0 amide bonds. The lowest BCUT2D eigenvalue weighted by Crippen LogP contribution is -2.67. The van der Waals surface area contributed by atoms with Gasteiger partial charge in [-0.3, -0.25) is 0 Å². The molecule has 8 fully saturated rings. The van der Waals surface area contributed by atoms with Gasteiger partial charge in [0.1, 0.15) is 91.6 Å². The van der Waals surface area contributed by atoms with E-state index in [1.807, 2.05) is 20.8 Å². The van der Waals surface area contributed by atoms with E-state index in [1.165, 1.54) is 0 Å². The highest BCUT2D eigenvalue weighted by Gasteiger charge is 2.72. The van der Waals surface area contributed by atoms with Crippen molar-refractivity contribution in [3.05, 3.63) is 11.6 Å². The number of hydrogen-bond donors (Lipinski definition) is 14. The van der Waals surface area contributed by atoms with Crippen LogP contribution in [0.2, 0.25) is 0 Å². The smallest absolute Gasteiger partial charge is 0.187 e. The van der Waals surface area contributed by atoms with Crippen molar-refractivity contribution in [1.82, 2.24) is 0 Å². The Morgan fingerprint density at radius 2 is 1.20 bits per heavy atom. The molecule has 0 spiro atoms. The van der Waals surface area contributed by atoms with Crippen molar-refractivity contribution in [3.8, 4) is 0 Å². The molecule has 0 radical (unpaired) electrons. The molecule has 0 aromatic heterocycles. The van der Waals surface area contributed by atoms with Gasteiger partial charge in [-0.2, -0.15) is 0 Å². The highest BCUT2D eigenvalue weighted by atomic mass is 16.8. The minimum Gasteiger partial charge on any atom is -0.394 e. The standard InChI is InChI=1S/C53H90O22/c1-23(2)10-9-15-52(7,75-47-43(67)39(63)37(61)29(72-47)22-69-45-41(65)34(58)26(56)21-68-45)31-13-17-51(6)24-11-12-30-49(3,4)33(14-16-50(30,5)25(24)18-32(57)53(31,51)8)73-48-44(40(64)36(60)28(20-55)71-48)74-46-42(66)38(62)35(59)27(19-54)70-46/h10,24-48,54-67H,9,11-22H2,1-8H3/t24-,25+,26-,27-,28-,29-,30+,31-,32-,33+,34+,35-,36-,37-,38+,39+,40+,41-,42-,43-,44-,45+,46+,47+,48+,50-,51+,52+,53+/m1/s1. The normalized spacial score (nSPS) is 52.7. The summed E-state index contributed by atoms with van der Waals surface area (Å²) in [5.41, 5.74) is -1.91. The first-order valence-electron chi connectivity index (χ1n) is 27.3. The van der Waals surface area contributed by atoms with Crippen LogP contribution in [0.5, 0.6) is 0 Å². The molecule has 4 aliphatic heterocycles. The van der Waals surface area contributed by atoms with Gasteiger partial charge in [0.2, 0.25) is 0 Å². The minimum atomic E-state index is -1.81. The van der Waals surface area contributed by atoms with E-state index >= 15 is 0 Å². The van der Waals surface area contributed by atoms with Crippen LogP contribution in [0.3, 0.4) is 0 Å². The van der Waals surface area contributed by atoms with Gasteiger partial charge < -0.3 is 109 Å². The molecule has 14 N–H and O–H groups in total. The van der Waals surface area contributed by atoms with Crippen molar-refractivity contribution in [3.63, 3.8) is 0 Å². The van der Waals surface area contributed by atoms with Crippen LogP contribution >= 0.6 is 0 Å². The number of ether oxygens (including phenoxy) is 8. The van der Waals surface area contributed by atoms with E-state index in [2.05, 4.69) is 40.7 Å². The lowest BCUT2D eigenvalue weighted by Gasteiger charge is -2.69. The molecule has 29 atom stereocenters. The quantitative estimate of drug-likeness (QED) is 0.0651. The summed E-state index contributed by atoms with van der Waals surface area (Å²) in [5.74, 6) is 0.0494. The van der Waals surface area contributed by atoms with E-state index in [9.17, 15) is 71.5 Å². The molecular weight excluding hydrogens is 989 g/mol. The van der Waals surface area contributed by atoms with Crippen LogP contribution in [0, 0.1) is 45.3 Å². The fourth-order valence-electron chi connectivity index (χ4n) is 16.0. The second kappa shape index (κ2) is 22.7. The number of hydrogen-bond acceptors (Lipinski definition) is 22. The van der Waals surface area contributed by atoms with Gasteiger partial charge in [0.05, 0.1) is 44.2 Å². The number of aliphatic hydroxyl groups excluding tert-OH is 14. The van der Waals surface area contributed by atoms with Crippen LogP contribution < -0.4 is 0 Å². The molecule has 8 rings (SSSR count). The van der Waals surface area contributed by atoms with Gasteiger partial charge in [0.25, 0.3) is 0 Å². The van der Waals surface area contributed by atoms with Crippen molar-refractivity contribution < 1.29 is 109 Å². The first-order valence-corrected chi connectivity index (χ1v) is 27.3. The highest BCUT2D eigenvalue weighted by molar-refractivity contribution is 5.21. The van der Waals surface area contributed by atoms with Crippen LogP contribution in [0.25, 0.3) is 0 Å². The van der Waals surface area contributed by atoms with E-state index in [0.717, 1.165) is 24.8 Å². The topological polar surface area (TPSA) is 357 Å². The van der Waals surface area contributed by atoms with Gasteiger partial charge >= 0.3 is 0 Å². The maximum Gasteiger partial charge on any atom is 0.187 e. The Labute approximate surface area is 439 Å². The first-order chi connectivity index (χ1) is 35.1. The van der Waals surface area contributed by atoms with Gasteiger partial charge in [-0.25, -0.2) is 0 Å². The van der Waals surface area contributed by atoms with Crippen molar-refractivity contribution in [1.29, 1.82) is 0 Å². The van der Waals surface area contributed by atoms with Crippen molar-refractivity contribution >= 4 is 0 Å². The van der Waals surface area contributed by atoms with Crippen LogP contribution in [-0.4, -0.2) is 232 Å². The summed E-state index contributed by atoms with van der Waals surface area (Å²) >= 11 is 0. The predicted molar refractivity (Wildman–Crippen MR) is 260 cm³/mol. The van der Waals surface area contributed by atoms with E-state index < -0.39 is 171 Å². The van der Waals surface area contributed by atoms with Crippen LogP contribution in [0.4, 0.5) is 0 Å². The molecule has 22 heteroatoms. The molecule has 434 valence electrons. The van der Waals surface area contributed by atoms with E-state index in [-0.39, 0.29) is 35.7 Å². The molecule has 4 saturated heterocycles. The van der Waals surface area contributed by atoms with Gasteiger partial charge in [0, 0.05) is 5.41 Å². The van der Waals surface area contributed by atoms with Gasteiger partial charge in [-0.1, -0.05) is 46.3 Å². The number of aliphatic hydroxyl groups is 14. The van der Waals surface area contributed by atoms with Crippen molar-refractivity contribution in [2.75, 3.05) is 26.4 Å². The molecule has 0 unspecified atom stereocenters. The zero-order valence-electron chi connectivity index (χ0n) is 44.7. The van der Waals surface area contributed by atoms with Crippen LogP contribution in [-0.2, 0) is 37.9 Å². The lowest BCUT2D eigenvalue weighted by atomic mass is 9.37. The SMILES string of the molecule is CC(C)=CCC[C@](C)(O[C@@H]1O[C@H](CO[C@@H]2OC[C@@H](O)[C@H](O)[C@H]2O)[C@@H](O)[C@H](O)[C@H]1O)[C@H]1CC[C@@]2(C)[C@@H]3CC[C@H]4C(C)(C)[C@@H](O[C@@H]5O[C@H](CO)[C@@H](O)[C@H](O)[C@H]5O[C@@H]5O[C@H](CO)[C@@H](O)[C@H](O)[C@H]5O)CC[C@]4(C)[C@H]3C[C@@H](O)[C@]12C. The predicted octanol–water partition coefficient (Wildman–Crippen LogP) is -1.56. The summed E-state index contributed by atoms with van der Waals surface area (Å²) in [4.78, 5) is 0. The Hall–Kier alpha value is -1.14. The summed E-state index contributed by atoms with van der Waals surface area (Å²) < 4.78 is 48.8. The highest BCUT2D eigenvalue weighted by Crippen LogP contribution is 2.75. The number of allylic oxidation sites excluding steroid dienone is 2. The summed E-state index contributed by atoms with van der Waals surface area (Å²) in [6.07, 6.45) is -22.6. The summed E-state index contributed by atoms with van der Waals surface area (Å²) in [6.45, 7) is 14.9. The molecule has 4 saturated carbocycles. The average molecular weight is 1080 g/mol. The Morgan fingerprint density at radius 3 is 1.84 bits per heavy atom. The molecule has 8 aliphatic rings. The van der Waals surface area contributed by atoms with Crippen molar-refractivity contribution in [2.24, 2.45) is 45.3 Å². The average Bonchev–Trinajstić information content (AvgIpc) is 3.67. The van der Waals surface area contributed by atoms with Gasteiger partial charge in [0.15, 0.2) is 25.2 Å². The van der Waals surface area contributed by atoms with Crippen LogP contribution in [0.1, 0.15) is 113 Å². The van der Waals surface area contributed by atoms with Gasteiger partial charge in [-0.05, 0) is 118 Å². The van der Waals surface area contributed by atoms with Crippen LogP contribution in [0.15, 0.2) is 11.6 Å². The zero-order valence-corrected chi connectivity index (χ0v) is 44.7. The molecule has 4 aliphatic carbocycles. The third kappa shape index (κ3) is 10.5. The monoisotopic (exact) mass is 1080 g/mol. The number of rotatable bonds is 15. The lowest BCUT2D eigenvalue weighted by molar-refractivity contribution is -0.378. The maximum absolute atomic E-state index is 13.0. The molecular formula is C53H90O22. The first kappa shape index (κ1) is 60.0. The minimum absolute atomic E-state index is 0.0610. The summed E-state index contributed by atoms with van der Waals surface area (Å²) in [6, 6.07) is 0. The summed E-state index contributed by atoms with van der Waals surface area (Å²) in [7, 11) is 0. The number of fused-ring (bicyclic) bond motifs is 5. The Kier molecular flexibility index (Phi) is 18.1. The largest absolute Gasteiger partial charge is 0.394 e. The molecule has 4 heterocycles. The molecule has 0 bridgehead atoms. The van der Waals surface area contributed by atoms with E-state index in [0.29, 0.717) is 38.5 Å². The Bertz CT molecular complexity index is 1940. The molecule has 75 heavy (non-hydrogen) atoms. The Balaban J connectivity index is 1.01. The maximum atomic E-state index is 13.0. The third-order valence-corrected chi connectivity index (χ3v) is 20.6. The molecule has 0 aromatic rings. The second-order valence-corrected chi connectivity index (χ2v) is 25.2. The van der Waals surface area contributed by atoms with Gasteiger partial charge in [-0.15, -0.1) is 0 Å². The van der Waals surface area contributed by atoms with Crippen molar-refractivity contribution in [2.45, 2.75) is 248 Å². The summed E-state index contributed by atoms with van der Waals surface area (Å²) in [5, 5.41) is 151. The fraction of sp³-hybridized carbons (Fsp3) is 0.962.